The number of benzene rings is 2. The second-order valence-corrected chi connectivity index (χ2v) is 6.41. The standard InChI is InChI=1S/C21H19N3O4/c1-13-9-10-22-20(11-13)28-19-12-16(8-7-14(19)2)23-21(25)17-5-4-6-18(15(17)3)24(26)27/h4-12H,1-3H3,(H,23,25). The Morgan fingerprint density at radius 1 is 1.11 bits per heavy atom. The van der Waals surface area contributed by atoms with Gasteiger partial charge in [0, 0.05) is 41.2 Å². The zero-order valence-corrected chi connectivity index (χ0v) is 15.7. The first kappa shape index (κ1) is 19.0. The predicted octanol–water partition coefficient (Wildman–Crippen LogP) is 4.96. The van der Waals surface area contributed by atoms with Gasteiger partial charge in [0.15, 0.2) is 0 Å². The van der Waals surface area contributed by atoms with Crippen LogP contribution in [0.3, 0.4) is 0 Å². The molecule has 1 aromatic heterocycles. The Bertz CT molecular complexity index is 1060. The van der Waals surface area contributed by atoms with E-state index in [0.29, 0.717) is 22.9 Å². The molecular formula is C21H19N3O4. The molecule has 0 fully saturated rings. The quantitative estimate of drug-likeness (QED) is 0.501. The number of carbonyl (C=O) groups excluding carboxylic acids is 1. The molecule has 142 valence electrons. The van der Waals surface area contributed by atoms with Crippen LogP contribution in [0.4, 0.5) is 11.4 Å². The predicted molar refractivity (Wildman–Crippen MR) is 106 cm³/mol. The number of nitrogens with zero attached hydrogens (tertiary/aromatic N) is 2. The molecule has 0 aliphatic heterocycles. The number of ether oxygens (including phenoxy) is 1. The molecule has 1 N–H and O–H groups in total. The third-order valence-electron chi connectivity index (χ3n) is 4.30. The number of hydrogen-bond acceptors (Lipinski definition) is 5. The van der Waals surface area contributed by atoms with Crippen molar-refractivity contribution in [2.24, 2.45) is 0 Å². The molecule has 1 heterocycles. The Hall–Kier alpha value is -3.74. The van der Waals surface area contributed by atoms with Crippen molar-refractivity contribution < 1.29 is 14.5 Å². The summed E-state index contributed by atoms with van der Waals surface area (Å²) in [5, 5.41) is 13.9. The van der Waals surface area contributed by atoms with Crippen LogP contribution in [-0.4, -0.2) is 15.8 Å². The van der Waals surface area contributed by atoms with Gasteiger partial charge in [0.2, 0.25) is 5.88 Å². The number of amides is 1. The number of pyridine rings is 1. The van der Waals surface area contributed by atoms with Gasteiger partial charge < -0.3 is 10.1 Å². The second-order valence-electron chi connectivity index (χ2n) is 6.41. The molecule has 2 aromatic carbocycles. The van der Waals surface area contributed by atoms with Gasteiger partial charge in [-0.1, -0.05) is 12.1 Å². The Balaban J connectivity index is 1.84. The van der Waals surface area contributed by atoms with E-state index in [4.69, 9.17) is 4.74 Å². The lowest BCUT2D eigenvalue weighted by atomic mass is 10.1. The maximum atomic E-state index is 12.6. The molecule has 0 radical (unpaired) electrons. The maximum Gasteiger partial charge on any atom is 0.273 e. The van der Waals surface area contributed by atoms with Crippen molar-refractivity contribution in [2.75, 3.05) is 5.32 Å². The largest absolute Gasteiger partial charge is 0.439 e. The number of carbonyl (C=O) groups is 1. The topological polar surface area (TPSA) is 94.4 Å². The van der Waals surface area contributed by atoms with Crippen LogP contribution < -0.4 is 10.1 Å². The van der Waals surface area contributed by atoms with E-state index >= 15 is 0 Å². The molecule has 0 unspecified atom stereocenters. The molecule has 3 rings (SSSR count). The number of rotatable bonds is 5. The van der Waals surface area contributed by atoms with E-state index in [1.54, 1.807) is 31.3 Å². The Kier molecular flexibility index (Phi) is 5.35. The summed E-state index contributed by atoms with van der Waals surface area (Å²) < 4.78 is 5.84. The molecule has 7 heteroatoms. The number of nitro benzene ring substituents is 1. The van der Waals surface area contributed by atoms with Gasteiger partial charge in [-0.2, -0.15) is 0 Å². The first-order chi connectivity index (χ1) is 13.3. The summed E-state index contributed by atoms with van der Waals surface area (Å²) in [5.41, 5.74) is 2.89. The number of aromatic nitrogens is 1. The normalized spacial score (nSPS) is 10.4. The lowest BCUT2D eigenvalue weighted by Gasteiger charge is -2.12. The Morgan fingerprint density at radius 3 is 2.61 bits per heavy atom. The van der Waals surface area contributed by atoms with E-state index in [1.165, 1.54) is 12.1 Å². The van der Waals surface area contributed by atoms with Crippen LogP contribution in [0.15, 0.2) is 54.7 Å². The Morgan fingerprint density at radius 2 is 1.89 bits per heavy atom. The lowest BCUT2D eigenvalue weighted by molar-refractivity contribution is -0.385. The second kappa shape index (κ2) is 7.87. The highest BCUT2D eigenvalue weighted by Gasteiger charge is 2.18. The lowest BCUT2D eigenvalue weighted by Crippen LogP contribution is -2.14. The van der Waals surface area contributed by atoms with Crippen LogP contribution in [0, 0.1) is 30.9 Å². The van der Waals surface area contributed by atoms with Crippen molar-refractivity contribution in [1.29, 1.82) is 0 Å². The van der Waals surface area contributed by atoms with E-state index in [9.17, 15) is 14.9 Å². The molecule has 0 spiro atoms. The molecule has 28 heavy (non-hydrogen) atoms. The van der Waals surface area contributed by atoms with Crippen molar-refractivity contribution in [3.63, 3.8) is 0 Å². The molecule has 0 bridgehead atoms. The summed E-state index contributed by atoms with van der Waals surface area (Å²) in [5.74, 6) is 0.595. The highest BCUT2D eigenvalue weighted by molar-refractivity contribution is 6.06. The van der Waals surface area contributed by atoms with Gasteiger partial charge in [-0.05, 0) is 50.1 Å². The molecule has 7 nitrogen and oxygen atoms in total. The van der Waals surface area contributed by atoms with Gasteiger partial charge in [-0.3, -0.25) is 14.9 Å². The monoisotopic (exact) mass is 377 g/mol. The number of nitro groups is 1. The van der Waals surface area contributed by atoms with Crippen LogP contribution >= 0.6 is 0 Å². The summed E-state index contributed by atoms with van der Waals surface area (Å²) in [6.45, 7) is 5.39. The fourth-order valence-electron chi connectivity index (χ4n) is 2.73. The number of anilines is 1. The summed E-state index contributed by atoms with van der Waals surface area (Å²) in [6, 6.07) is 13.4. The highest BCUT2D eigenvalue weighted by Crippen LogP contribution is 2.28. The fourth-order valence-corrected chi connectivity index (χ4v) is 2.73. The molecule has 0 saturated carbocycles. The molecule has 0 aliphatic carbocycles. The van der Waals surface area contributed by atoms with Gasteiger partial charge in [0.25, 0.3) is 11.6 Å². The zero-order valence-electron chi connectivity index (χ0n) is 15.7. The van der Waals surface area contributed by atoms with Crippen molar-refractivity contribution in [1.82, 2.24) is 4.98 Å². The van der Waals surface area contributed by atoms with Crippen LogP contribution in [0.2, 0.25) is 0 Å². The minimum absolute atomic E-state index is 0.0916. The van der Waals surface area contributed by atoms with Gasteiger partial charge in [0.1, 0.15) is 5.75 Å². The first-order valence-electron chi connectivity index (χ1n) is 8.61. The van der Waals surface area contributed by atoms with Gasteiger partial charge in [-0.15, -0.1) is 0 Å². The van der Waals surface area contributed by atoms with Crippen LogP contribution in [-0.2, 0) is 0 Å². The van der Waals surface area contributed by atoms with Crippen LogP contribution in [0.25, 0.3) is 0 Å². The van der Waals surface area contributed by atoms with Crippen LogP contribution in [0.1, 0.15) is 27.0 Å². The van der Waals surface area contributed by atoms with Gasteiger partial charge in [0.05, 0.1) is 4.92 Å². The third-order valence-corrected chi connectivity index (χ3v) is 4.30. The van der Waals surface area contributed by atoms with Gasteiger partial charge >= 0.3 is 0 Å². The molecule has 3 aromatic rings. The van der Waals surface area contributed by atoms with Crippen molar-refractivity contribution in [3.05, 3.63) is 87.1 Å². The first-order valence-corrected chi connectivity index (χ1v) is 8.61. The minimum atomic E-state index is -0.501. The highest BCUT2D eigenvalue weighted by atomic mass is 16.6. The molecule has 0 saturated heterocycles. The summed E-state index contributed by atoms with van der Waals surface area (Å²) >= 11 is 0. The summed E-state index contributed by atoms with van der Waals surface area (Å²) in [4.78, 5) is 27.4. The van der Waals surface area contributed by atoms with Gasteiger partial charge in [-0.25, -0.2) is 4.98 Å². The molecule has 1 amide bonds. The number of nitrogens with one attached hydrogen (secondary N) is 1. The van der Waals surface area contributed by atoms with Crippen molar-refractivity contribution >= 4 is 17.3 Å². The van der Waals surface area contributed by atoms with Crippen molar-refractivity contribution in [3.8, 4) is 11.6 Å². The fraction of sp³-hybridized carbons (Fsp3) is 0.143. The average molecular weight is 377 g/mol. The SMILES string of the molecule is Cc1ccnc(Oc2cc(NC(=O)c3cccc([N+](=O)[O-])c3C)ccc2C)c1. The van der Waals surface area contributed by atoms with E-state index in [1.807, 2.05) is 32.0 Å². The summed E-state index contributed by atoms with van der Waals surface area (Å²) in [7, 11) is 0. The number of hydrogen-bond donors (Lipinski definition) is 1. The molecular weight excluding hydrogens is 358 g/mol. The average Bonchev–Trinajstić information content (AvgIpc) is 2.64. The smallest absolute Gasteiger partial charge is 0.273 e. The van der Waals surface area contributed by atoms with E-state index in [2.05, 4.69) is 10.3 Å². The van der Waals surface area contributed by atoms with E-state index in [-0.39, 0.29) is 11.3 Å². The van der Waals surface area contributed by atoms with E-state index < -0.39 is 10.8 Å². The zero-order chi connectivity index (χ0) is 20.3. The molecule has 0 aliphatic rings. The summed E-state index contributed by atoms with van der Waals surface area (Å²) in [6.07, 6.45) is 1.66. The number of aryl methyl sites for hydroxylation is 2. The molecule has 0 atom stereocenters. The minimum Gasteiger partial charge on any atom is -0.439 e. The Labute approximate surface area is 162 Å². The van der Waals surface area contributed by atoms with E-state index in [0.717, 1.165) is 11.1 Å². The maximum absolute atomic E-state index is 12.6. The van der Waals surface area contributed by atoms with Crippen LogP contribution in [0.5, 0.6) is 11.6 Å². The third kappa shape index (κ3) is 4.15. The van der Waals surface area contributed by atoms with Crippen molar-refractivity contribution in [2.45, 2.75) is 20.8 Å².